The second kappa shape index (κ2) is 19.3. The van der Waals surface area contributed by atoms with Crippen molar-refractivity contribution in [1.29, 1.82) is 0 Å². The lowest BCUT2D eigenvalue weighted by Gasteiger charge is -2.18. The number of aliphatic carboxylic acids is 1. The number of ether oxygens (including phenoxy) is 1. The van der Waals surface area contributed by atoms with Gasteiger partial charge in [-0.25, -0.2) is 0 Å². The zero-order valence-electron chi connectivity index (χ0n) is 26.9. The lowest BCUT2D eigenvalue weighted by Crippen LogP contribution is -2.12. The van der Waals surface area contributed by atoms with Gasteiger partial charge in [0, 0.05) is 12.3 Å². The Morgan fingerprint density at radius 3 is 1.06 bits per heavy atom. The number of benzene rings is 6. The van der Waals surface area contributed by atoms with Crippen LogP contribution >= 0.6 is 12.2 Å². The Hall–Kier alpha value is -5.36. The fourth-order valence-corrected chi connectivity index (χ4v) is 5.45. The molecule has 0 heterocycles. The summed E-state index contributed by atoms with van der Waals surface area (Å²) in [6.45, 7) is 0. The van der Waals surface area contributed by atoms with Crippen molar-refractivity contribution in [3.8, 4) is 0 Å². The van der Waals surface area contributed by atoms with Gasteiger partial charge in [-0.1, -0.05) is 182 Å². The van der Waals surface area contributed by atoms with Crippen LogP contribution in [0.5, 0.6) is 0 Å². The number of rotatable bonds is 9. The second-order valence-electron chi connectivity index (χ2n) is 11.0. The summed E-state index contributed by atoms with van der Waals surface area (Å²) in [5.74, 6) is -1.14. The summed E-state index contributed by atoms with van der Waals surface area (Å²) in [6.07, 6.45) is 0.220. The van der Waals surface area contributed by atoms with Crippen molar-refractivity contribution in [1.82, 2.24) is 0 Å². The van der Waals surface area contributed by atoms with Crippen LogP contribution in [0.4, 0.5) is 0 Å². The van der Waals surface area contributed by atoms with Gasteiger partial charge in [0.05, 0.1) is 7.11 Å². The van der Waals surface area contributed by atoms with E-state index >= 15 is 0 Å². The molecule has 0 atom stereocenters. The van der Waals surface area contributed by atoms with Gasteiger partial charge in [-0.2, -0.15) is 0 Å². The Balaban J connectivity index is 0.000000164. The predicted octanol–water partition coefficient (Wildman–Crippen LogP) is 9.85. The van der Waals surface area contributed by atoms with Crippen LogP contribution in [0.2, 0.25) is 0 Å². The first-order valence-corrected chi connectivity index (χ1v) is 16.2. The SMILES string of the molecule is COC(=S)CC(c1ccccc1)c1ccccc1.O=C(O)C(c1ccccc1)c1ccccc1.OC(c1ccccc1)c1ccccc1. The van der Waals surface area contributed by atoms with E-state index in [2.05, 4.69) is 48.5 Å². The molecule has 4 nitrogen and oxygen atoms in total. The number of carbonyl (C=O) groups is 1. The zero-order valence-corrected chi connectivity index (χ0v) is 27.7. The fraction of sp³-hybridized carbons (Fsp3) is 0.116. The zero-order chi connectivity index (χ0) is 34.0. The predicted molar refractivity (Wildman–Crippen MR) is 198 cm³/mol. The average Bonchev–Trinajstić information content (AvgIpc) is 3.16. The summed E-state index contributed by atoms with van der Waals surface area (Å²) in [6, 6.07) is 58.7. The van der Waals surface area contributed by atoms with Crippen molar-refractivity contribution in [3.63, 3.8) is 0 Å². The minimum Gasteiger partial charge on any atom is -0.490 e. The number of carboxylic acids is 1. The van der Waals surface area contributed by atoms with Gasteiger partial charge in [0.15, 0.2) is 5.05 Å². The van der Waals surface area contributed by atoms with Gasteiger partial charge in [-0.15, -0.1) is 0 Å². The maximum Gasteiger partial charge on any atom is 0.315 e. The molecule has 0 saturated carbocycles. The minimum atomic E-state index is -0.822. The number of thiocarbonyl (C=S) groups is 1. The van der Waals surface area contributed by atoms with Gasteiger partial charge in [-0.05, 0) is 45.6 Å². The number of methoxy groups -OCH3 is 1. The molecule has 5 heteroatoms. The molecule has 2 N–H and O–H groups in total. The van der Waals surface area contributed by atoms with Gasteiger partial charge in [-0.3, -0.25) is 4.79 Å². The van der Waals surface area contributed by atoms with Crippen LogP contribution < -0.4 is 0 Å². The quantitative estimate of drug-likeness (QED) is 0.152. The first kappa shape index (κ1) is 35.5. The van der Waals surface area contributed by atoms with Gasteiger partial charge >= 0.3 is 5.97 Å². The summed E-state index contributed by atoms with van der Waals surface area (Å²) >= 11 is 5.21. The fourth-order valence-electron chi connectivity index (χ4n) is 5.28. The van der Waals surface area contributed by atoms with E-state index in [9.17, 15) is 15.0 Å². The highest BCUT2D eigenvalue weighted by Crippen LogP contribution is 2.28. The van der Waals surface area contributed by atoms with Crippen molar-refractivity contribution >= 4 is 23.2 Å². The molecule has 48 heavy (non-hydrogen) atoms. The Morgan fingerprint density at radius 1 is 0.521 bits per heavy atom. The van der Waals surface area contributed by atoms with Crippen LogP contribution in [0.15, 0.2) is 182 Å². The minimum absolute atomic E-state index is 0.264. The number of aliphatic hydroxyl groups excluding tert-OH is 1. The Labute approximate surface area is 289 Å². The maximum absolute atomic E-state index is 11.3. The molecular formula is C43H40O4S. The van der Waals surface area contributed by atoms with Crippen molar-refractivity contribution in [2.45, 2.75) is 24.4 Å². The topological polar surface area (TPSA) is 66.8 Å². The molecule has 242 valence electrons. The monoisotopic (exact) mass is 652 g/mol. The lowest BCUT2D eigenvalue weighted by molar-refractivity contribution is -0.137. The summed E-state index contributed by atoms with van der Waals surface area (Å²) in [7, 11) is 1.63. The van der Waals surface area contributed by atoms with Gasteiger partial charge in [0.25, 0.3) is 0 Å². The highest BCUT2D eigenvalue weighted by atomic mass is 32.1. The van der Waals surface area contributed by atoms with Gasteiger partial charge in [0.2, 0.25) is 0 Å². The standard InChI is InChI=1S/C16H16OS.C14H12O2.C13H12O/c1-17-16(18)12-15(13-8-4-2-5-9-13)14-10-6-3-7-11-14;15-14(16)13(11-7-3-1-4-8-11)12-9-5-2-6-10-12;14-13(11-7-3-1-4-8-11)12-9-5-2-6-10-12/h2-11,15H,12H2,1H3;1-10,13H,(H,15,16);1-10,13-14H. The van der Waals surface area contributed by atoms with Gasteiger partial charge in [0.1, 0.15) is 12.0 Å². The molecule has 0 radical (unpaired) electrons. The van der Waals surface area contributed by atoms with Crippen LogP contribution in [0.25, 0.3) is 0 Å². The summed E-state index contributed by atoms with van der Waals surface area (Å²) in [4.78, 5) is 11.3. The van der Waals surface area contributed by atoms with E-state index < -0.39 is 18.0 Å². The number of hydrogen-bond donors (Lipinski definition) is 2. The average molecular weight is 653 g/mol. The van der Waals surface area contributed by atoms with Crippen LogP contribution in [-0.4, -0.2) is 28.3 Å². The largest absolute Gasteiger partial charge is 0.490 e. The summed E-state index contributed by atoms with van der Waals surface area (Å²) < 4.78 is 5.16. The van der Waals surface area contributed by atoms with E-state index in [-0.39, 0.29) is 5.92 Å². The Bertz CT molecular complexity index is 1650. The molecule has 0 amide bonds. The molecule has 6 aromatic carbocycles. The lowest BCUT2D eigenvalue weighted by atomic mass is 9.89. The van der Waals surface area contributed by atoms with Crippen molar-refractivity contribution in [2.75, 3.05) is 7.11 Å². The van der Waals surface area contributed by atoms with Crippen LogP contribution in [0.1, 0.15) is 57.7 Å². The van der Waals surface area contributed by atoms with E-state index in [0.29, 0.717) is 5.05 Å². The highest BCUT2D eigenvalue weighted by molar-refractivity contribution is 7.80. The van der Waals surface area contributed by atoms with E-state index in [1.807, 2.05) is 133 Å². The highest BCUT2D eigenvalue weighted by Gasteiger charge is 2.21. The maximum atomic E-state index is 11.3. The summed E-state index contributed by atoms with van der Waals surface area (Å²) in [5.41, 5.74) is 6.01. The van der Waals surface area contributed by atoms with E-state index in [1.54, 1.807) is 7.11 Å². The van der Waals surface area contributed by atoms with Crippen molar-refractivity contribution in [3.05, 3.63) is 215 Å². The normalized spacial score (nSPS) is 10.4. The van der Waals surface area contributed by atoms with Crippen LogP contribution in [0.3, 0.4) is 0 Å². The molecule has 0 bridgehead atoms. The number of hydrogen-bond acceptors (Lipinski definition) is 4. The molecule has 0 aliphatic rings. The van der Waals surface area contributed by atoms with E-state index in [4.69, 9.17) is 17.0 Å². The Morgan fingerprint density at radius 2 is 0.792 bits per heavy atom. The number of aliphatic hydroxyl groups is 1. The van der Waals surface area contributed by atoms with E-state index in [1.165, 1.54) is 11.1 Å². The molecular weight excluding hydrogens is 613 g/mol. The first-order valence-electron chi connectivity index (χ1n) is 15.7. The van der Waals surface area contributed by atoms with Gasteiger partial charge < -0.3 is 14.9 Å². The molecule has 0 saturated heterocycles. The smallest absolute Gasteiger partial charge is 0.315 e. The molecule has 6 rings (SSSR count). The third-order valence-corrected chi connectivity index (χ3v) is 8.08. The molecule has 0 aromatic heterocycles. The third-order valence-electron chi connectivity index (χ3n) is 7.75. The summed E-state index contributed by atoms with van der Waals surface area (Å²) in [5, 5.41) is 19.9. The van der Waals surface area contributed by atoms with Crippen LogP contribution in [-0.2, 0) is 9.53 Å². The molecule has 0 spiro atoms. The molecule has 0 aliphatic heterocycles. The molecule has 0 unspecified atom stereocenters. The Kier molecular flexibility index (Phi) is 14.3. The number of carboxylic acid groups (broad SMARTS) is 1. The van der Waals surface area contributed by atoms with E-state index in [0.717, 1.165) is 28.7 Å². The van der Waals surface area contributed by atoms with Crippen LogP contribution in [0, 0.1) is 0 Å². The third kappa shape index (κ3) is 10.9. The molecule has 0 aliphatic carbocycles. The van der Waals surface area contributed by atoms with Crippen molar-refractivity contribution in [2.24, 2.45) is 0 Å². The molecule has 6 aromatic rings. The van der Waals surface area contributed by atoms with Crippen molar-refractivity contribution < 1.29 is 19.7 Å². The molecule has 0 fully saturated rings. The second-order valence-corrected chi connectivity index (χ2v) is 11.4. The first-order chi connectivity index (χ1) is 23.5.